The smallest absolute Gasteiger partial charge is 0.151 e. The molecule has 5 nitrogen and oxygen atoms in total. The lowest BCUT2D eigenvalue weighted by Crippen LogP contribution is -1.97. The third-order valence-electron chi connectivity index (χ3n) is 11.9. The number of hydrogen-bond acceptors (Lipinski definition) is 1. The summed E-state index contributed by atoms with van der Waals surface area (Å²) in [5, 5.41) is 16.9. The maximum Gasteiger partial charge on any atom is 0.151 e. The minimum absolute atomic E-state index is 0.303. The Morgan fingerprint density at radius 2 is 1.09 bits per heavy atom. The van der Waals surface area contributed by atoms with Crippen molar-refractivity contribution in [2.75, 3.05) is 0 Å². The van der Waals surface area contributed by atoms with Crippen LogP contribution in [0.3, 0.4) is 0 Å². The van der Waals surface area contributed by atoms with Gasteiger partial charge in [-0.1, -0.05) is 109 Å². The second-order valence-electron chi connectivity index (χ2n) is 14.9. The van der Waals surface area contributed by atoms with Gasteiger partial charge >= 0.3 is 0 Å². The van der Waals surface area contributed by atoms with Crippen molar-refractivity contribution in [1.82, 2.24) is 17.9 Å². The van der Waals surface area contributed by atoms with Crippen molar-refractivity contribution >= 4 is 66.8 Å². The van der Waals surface area contributed by atoms with Crippen LogP contribution in [0.2, 0.25) is 0 Å². The van der Waals surface area contributed by atoms with E-state index in [1.54, 1.807) is 0 Å². The molecule has 1 N–H and O–H groups in total. The van der Waals surface area contributed by atoms with Crippen molar-refractivity contribution in [3.63, 3.8) is 0 Å². The number of aromatic hydroxyl groups is 1. The molecular weight excluding hydrogens is 673 g/mol. The first kappa shape index (κ1) is 30.5. The molecule has 0 aliphatic heterocycles. The monoisotopic (exact) mass is 708 g/mol. The van der Waals surface area contributed by atoms with Crippen molar-refractivity contribution in [2.24, 2.45) is 0 Å². The molecule has 0 unspecified atom stereocenters. The van der Waals surface area contributed by atoms with E-state index in [0.717, 1.165) is 74.9 Å². The molecule has 0 saturated heterocycles. The van der Waals surface area contributed by atoms with Crippen LogP contribution < -0.4 is 0 Å². The van der Waals surface area contributed by atoms with E-state index in [-0.39, 0.29) is 0 Å². The average molecular weight is 709 g/mol. The fraction of sp³-hybridized carbons (Fsp3) is 0.0800. The van der Waals surface area contributed by atoms with Crippen LogP contribution in [0, 0.1) is 0 Å². The lowest BCUT2D eigenvalue weighted by molar-refractivity contribution is 0.479. The van der Waals surface area contributed by atoms with E-state index in [4.69, 9.17) is 0 Å². The fourth-order valence-corrected chi connectivity index (χ4v) is 9.87. The van der Waals surface area contributed by atoms with Crippen molar-refractivity contribution in [3.05, 3.63) is 163 Å². The van der Waals surface area contributed by atoms with E-state index >= 15 is 0 Å². The van der Waals surface area contributed by atoms with Gasteiger partial charge in [0, 0.05) is 33.2 Å². The predicted octanol–water partition coefficient (Wildman–Crippen LogP) is 12.7. The molecule has 1 aliphatic carbocycles. The van der Waals surface area contributed by atoms with Crippen LogP contribution in [0.1, 0.15) is 36.7 Å². The molecule has 0 amide bonds. The van der Waals surface area contributed by atoms with E-state index in [2.05, 4.69) is 170 Å². The number of rotatable bonds is 5. The molecule has 0 fully saturated rings. The minimum Gasteiger partial charge on any atom is -0.505 e. The van der Waals surface area contributed by atoms with Gasteiger partial charge < -0.3 is 23.0 Å². The maximum absolute atomic E-state index is 12.3. The molecule has 0 spiro atoms. The molecule has 0 bridgehead atoms. The Hall–Kier alpha value is -6.98. The molecule has 11 aromatic rings. The summed E-state index contributed by atoms with van der Waals surface area (Å²) >= 11 is 0. The Labute approximate surface area is 317 Å². The van der Waals surface area contributed by atoms with Gasteiger partial charge in [-0.3, -0.25) is 0 Å². The molecule has 6 aromatic heterocycles. The lowest BCUT2D eigenvalue weighted by Gasteiger charge is -2.13. The molecule has 0 saturated carbocycles. The summed E-state index contributed by atoms with van der Waals surface area (Å²) in [6.07, 6.45) is 12.0. The molecule has 5 heteroatoms. The number of aromatic nitrogens is 4. The van der Waals surface area contributed by atoms with Gasteiger partial charge in [-0.15, -0.1) is 0 Å². The van der Waals surface area contributed by atoms with Gasteiger partial charge in [-0.05, 0) is 91.4 Å². The van der Waals surface area contributed by atoms with Crippen LogP contribution >= 0.6 is 0 Å². The minimum atomic E-state index is 0.303. The van der Waals surface area contributed by atoms with Crippen LogP contribution in [-0.2, 0) is 6.42 Å². The number of aryl methyl sites for hydroxylation is 1. The molecule has 1 aliphatic rings. The highest BCUT2D eigenvalue weighted by Gasteiger charge is 2.33. The van der Waals surface area contributed by atoms with Crippen LogP contribution in [0.4, 0.5) is 0 Å². The van der Waals surface area contributed by atoms with Gasteiger partial charge in [0.2, 0.25) is 0 Å². The summed E-state index contributed by atoms with van der Waals surface area (Å²) < 4.78 is 9.76. The zero-order valence-corrected chi connectivity index (χ0v) is 30.4. The van der Waals surface area contributed by atoms with Crippen molar-refractivity contribution in [1.29, 1.82) is 0 Å². The number of fused-ring (bicyclic) bond motifs is 9. The quantitative estimate of drug-likeness (QED) is 0.190. The molecule has 5 aromatic carbocycles. The molecular formula is C50H36N4O. The second-order valence-corrected chi connectivity index (χ2v) is 14.9. The van der Waals surface area contributed by atoms with E-state index in [9.17, 15) is 5.11 Å². The maximum atomic E-state index is 12.3. The Morgan fingerprint density at radius 3 is 1.65 bits per heavy atom. The number of para-hydroxylation sites is 2. The number of nitrogens with zero attached hydrogens (tertiary/aromatic N) is 4. The molecule has 262 valence electrons. The predicted molar refractivity (Wildman–Crippen MR) is 229 cm³/mol. The molecule has 0 radical (unpaired) electrons. The Morgan fingerprint density at radius 1 is 0.582 bits per heavy atom. The lowest BCUT2D eigenvalue weighted by atomic mass is 10.0. The standard InChI is InChI=1S/C50H36N4O/c1-2-18-39-50(55)43-45(32-21-10-4-11-22-32)52(34-25-14-6-15-26-34)47-37-29-40-36(30-41(37)54(39)49(43)47)46-48-42(35-27-16-7-17-28-38(35)53(40)48)44(31-19-8-3-9-20-31)51(46)33-23-12-5-13-24-33/h2-6,8-15,17-26,28-30,55H,7,16,27H2,1H3/b18-2-. The summed E-state index contributed by atoms with van der Waals surface area (Å²) in [5.74, 6) is 0.303. The third-order valence-corrected chi connectivity index (χ3v) is 11.9. The topological polar surface area (TPSA) is 38.9 Å². The van der Waals surface area contributed by atoms with Gasteiger partial charge in [0.25, 0.3) is 0 Å². The van der Waals surface area contributed by atoms with Gasteiger partial charge in [0.15, 0.2) is 5.75 Å². The zero-order valence-electron chi connectivity index (χ0n) is 30.4. The highest BCUT2D eigenvalue weighted by atomic mass is 16.3. The summed E-state index contributed by atoms with van der Waals surface area (Å²) in [6.45, 7) is 2.02. The summed E-state index contributed by atoms with van der Waals surface area (Å²) in [6, 6.07) is 47.7. The molecule has 0 atom stereocenters. The normalized spacial score (nSPS) is 13.6. The first-order valence-electron chi connectivity index (χ1n) is 19.3. The third kappa shape index (κ3) is 3.92. The fourth-order valence-electron chi connectivity index (χ4n) is 9.87. The van der Waals surface area contributed by atoms with E-state index in [0.29, 0.717) is 5.75 Å². The summed E-state index contributed by atoms with van der Waals surface area (Å²) in [5.41, 5.74) is 17.1. The zero-order chi connectivity index (χ0) is 36.4. The summed E-state index contributed by atoms with van der Waals surface area (Å²) in [7, 11) is 0. The highest BCUT2D eigenvalue weighted by molar-refractivity contribution is 6.27. The highest BCUT2D eigenvalue weighted by Crippen LogP contribution is 2.53. The molecule has 12 rings (SSSR count). The van der Waals surface area contributed by atoms with Gasteiger partial charge in [-0.25, -0.2) is 0 Å². The number of allylic oxidation sites excluding steroid dienone is 2. The second kappa shape index (κ2) is 11.3. The number of hydrogen-bond donors (Lipinski definition) is 1. The van der Waals surface area contributed by atoms with Crippen molar-refractivity contribution in [3.8, 4) is 39.6 Å². The van der Waals surface area contributed by atoms with E-state index in [1.165, 1.54) is 49.8 Å². The Bertz CT molecular complexity index is 3320. The Balaban J connectivity index is 1.34. The van der Waals surface area contributed by atoms with Gasteiger partial charge in [0.1, 0.15) is 0 Å². The largest absolute Gasteiger partial charge is 0.505 e. The van der Waals surface area contributed by atoms with Crippen LogP contribution in [0.5, 0.6) is 5.75 Å². The van der Waals surface area contributed by atoms with Crippen LogP contribution in [0.15, 0.2) is 146 Å². The van der Waals surface area contributed by atoms with E-state index < -0.39 is 0 Å². The van der Waals surface area contributed by atoms with Gasteiger partial charge in [0.05, 0.1) is 55.6 Å². The van der Waals surface area contributed by atoms with Crippen molar-refractivity contribution in [2.45, 2.75) is 26.2 Å². The Kier molecular flexibility index (Phi) is 6.24. The SMILES string of the molecule is C/C=C\c1c(O)c2c(-c3ccccc3)n(-c3ccccc3)c3c4cc5c(cc4n1c23)c1c2c(c3c(n52)C=CCCC3)c(-c2ccccc2)n1-c1ccccc1. The van der Waals surface area contributed by atoms with Gasteiger partial charge in [-0.2, -0.15) is 0 Å². The number of benzene rings is 5. The van der Waals surface area contributed by atoms with Crippen LogP contribution in [0.25, 0.3) is 101 Å². The van der Waals surface area contributed by atoms with Crippen LogP contribution in [-0.4, -0.2) is 23.0 Å². The van der Waals surface area contributed by atoms with E-state index in [1.807, 2.05) is 13.0 Å². The molecule has 6 heterocycles. The first-order valence-corrected chi connectivity index (χ1v) is 19.3. The average Bonchev–Trinajstić information content (AvgIpc) is 4.02. The first-order chi connectivity index (χ1) is 27.2. The summed E-state index contributed by atoms with van der Waals surface area (Å²) in [4.78, 5) is 0. The van der Waals surface area contributed by atoms with Crippen molar-refractivity contribution < 1.29 is 5.11 Å². The molecule has 55 heavy (non-hydrogen) atoms.